The largest absolute Gasteiger partial charge is 0.509 e. The average molecular weight is 519 g/mol. The van der Waals surface area contributed by atoms with Gasteiger partial charge in [-0.05, 0) is 74.2 Å². The van der Waals surface area contributed by atoms with Crippen molar-refractivity contribution >= 4 is 25.3 Å². The van der Waals surface area contributed by atoms with E-state index in [-0.39, 0.29) is 33.8 Å². The minimum Gasteiger partial charge on any atom is -0.426 e. The second-order valence-electron chi connectivity index (χ2n) is 13.0. The van der Waals surface area contributed by atoms with E-state index < -0.39 is 30.9 Å². The first-order valence-corrected chi connectivity index (χ1v) is 17.6. The highest BCUT2D eigenvalue weighted by atomic mass is 32.2. The van der Waals surface area contributed by atoms with Crippen molar-refractivity contribution in [3.05, 3.63) is 30.3 Å². The zero-order valence-electron chi connectivity index (χ0n) is 22.2. The summed E-state index contributed by atoms with van der Waals surface area (Å²) in [7, 11) is -3.44. The Morgan fingerprint density at radius 3 is 2.49 bits per heavy atom. The highest BCUT2D eigenvalue weighted by Crippen LogP contribution is 2.67. The quantitative estimate of drug-likeness (QED) is 0.323. The summed E-state index contributed by atoms with van der Waals surface area (Å²) in [6.07, 6.45) is 5.92. The highest BCUT2D eigenvalue weighted by Gasteiger charge is 2.78. The van der Waals surface area contributed by atoms with Crippen LogP contribution in [0.15, 0.2) is 35.2 Å². The minimum absolute atomic E-state index is 0.00869. The lowest BCUT2D eigenvalue weighted by molar-refractivity contribution is -0.120. The van der Waals surface area contributed by atoms with Crippen molar-refractivity contribution in [1.82, 2.24) is 0 Å². The molecule has 0 amide bonds. The molecule has 35 heavy (non-hydrogen) atoms. The molecule has 0 unspecified atom stereocenters. The van der Waals surface area contributed by atoms with E-state index in [0.717, 1.165) is 43.4 Å². The van der Waals surface area contributed by atoms with Crippen molar-refractivity contribution in [3.63, 3.8) is 0 Å². The van der Waals surface area contributed by atoms with Crippen molar-refractivity contribution in [2.45, 2.75) is 119 Å². The third-order valence-electron chi connectivity index (χ3n) is 10.0. The molecule has 1 aromatic rings. The van der Waals surface area contributed by atoms with Gasteiger partial charge in [0.25, 0.3) is 0 Å². The summed E-state index contributed by atoms with van der Waals surface area (Å²) in [6.45, 7) is 13.7. The highest BCUT2D eigenvalue weighted by molar-refractivity contribution is 7.85. The third kappa shape index (κ3) is 3.78. The molecule has 0 aromatic heterocycles. The fourth-order valence-corrected chi connectivity index (χ4v) is 10.8. The molecule has 2 spiro atoms. The van der Waals surface area contributed by atoms with Gasteiger partial charge >= 0.3 is 6.16 Å². The molecule has 1 saturated heterocycles. The Balaban J connectivity index is 1.70. The Bertz CT molecular complexity index is 991. The van der Waals surface area contributed by atoms with Gasteiger partial charge in [-0.25, -0.2) is 4.79 Å². The Kier molecular flexibility index (Phi) is 6.33. The number of carbonyl (C=O) groups is 1. The molecule has 5 rings (SSSR count). The smallest absolute Gasteiger partial charge is 0.426 e. The van der Waals surface area contributed by atoms with Crippen LogP contribution < -0.4 is 0 Å². The number of carbonyl (C=O) groups excluding carboxylic acids is 1. The SMILES string of the molecule is C[C@@H]1C[C@@]23CCCC[C@@H](CC[C@H]([S@@](=O)c4ccccc4)[C@@]24OC(=O)O[C@@H]14)[C@@H]3O[Si](C)(C)C(C)(C)C. The van der Waals surface area contributed by atoms with Gasteiger partial charge in [0, 0.05) is 10.3 Å². The van der Waals surface area contributed by atoms with Crippen LogP contribution in [0.3, 0.4) is 0 Å². The van der Waals surface area contributed by atoms with Crippen molar-refractivity contribution in [3.8, 4) is 0 Å². The van der Waals surface area contributed by atoms with E-state index in [1.807, 2.05) is 30.3 Å². The second kappa shape index (κ2) is 8.69. The van der Waals surface area contributed by atoms with Crippen LogP contribution in [-0.4, -0.2) is 41.7 Å². The topological polar surface area (TPSA) is 61.8 Å². The maximum Gasteiger partial charge on any atom is 0.509 e. The van der Waals surface area contributed by atoms with Crippen LogP contribution in [0.2, 0.25) is 18.1 Å². The molecule has 194 valence electrons. The van der Waals surface area contributed by atoms with Crippen LogP contribution in [0.4, 0.5) is 4.79 Å². The molecule has 3 saturated carbocycles. The Morgan fingerprint density at radius 2 is 1.80 bits per heavy atom. The number of hydrogen-bond donors (Lipinski definition) is 0. The van der Waals surface area contributed by atoms with E-state index in [2.05, 4.69) is 40.8 Å². The van der Waals surface area contributed by atoms with Gasteiger partial charge in [-0.1, -0.05) is 58.7 Å². The van der Waals surface area contributed by atoms with Crippen molar-refractivity contribution in [2.75, 3.05) is 0 Å². The van der Waals surface area contributed by atoms with Crippen LogP contribution in [0.5, 0.6) is 0 Å². The maximum atomic E-state index is 14.3. The van der Waals surface area contributed by atoms with Gasteiger partial charge in [-0.3, -0.25) is 4.21 Å². The second-order valence-corrected chi connectivity index (χ2v) is 19.4. The molecule has 5 nitrogen and oxygen atoms in total. The van der Waals surface area contributed by atoms with Crippen LogP contribution in [0.25, 0.3) is 0 Å². The summed E-state index contributed by atoms with van der Waals surface area (Å²) in [5.74, 6) is 0.519. The predicted molar refractivity (Wildman–Crippen MR) is 140 cm³/mol. The fraction of sp³-hybridized carbons (Fsp3) is 0.750. The fourth-order valence-electron chi connectivity index (χ4n) is 7.54. The standard InChI is InChI=1S/C28H42O5SSi/c1-19-18-27-17-11-10-12-20(24(27)33-35(5,6)26(2,3)4)15-16-22(28(27)23(19)31-25(29)32-28)34(30)21-13-8-7-9-14-21/h7-9,13-14,19-20,22-24H,10-12,15-18H2,1-6H3/t19-,20+,22+,23+,24+,27-,28+,34+/m1/s1. The van der Waals surface area contributed by atoms with E-state index in [0.29, 0.717) is 5.92 Å². The predicted octanol–water partition coefficient (Wildman–Crippen LogP) is 6.84. The van der Waals surface area contributed by atoms with Crippen molar-refractivity contribution in [1.29, 1.82) is 0 Å². The number of benzene rings is 1. The summed E-state index contributed by atoms with van der Waals surface area (Å²) in [5, 5.41) is -0.231. The lowest BCUT2D eigenvalue weighted by Crippen LogP contribution is -2.64. The molecule has 7 heteroatoms. The van der Waals surface area contributed by atoms with Crippen LogP contribution in [-0.2, 0) is 24.7 Å². The van der Waals surface area contributed by atoms with E-state index >= 15 is 0 Å². The van der Waals surface area contributed by atoms with E-state index in [4.69, 9.17) is 13.9 Å². The number of rotatable bonds is 4. The molecule has 2 bridgehead atoms. The lowest BCUT2D eigenvalue weighted by atomic mass is 9.65. The van der Waals surface area contributed by atoms with Crippen LogP contribution in [0, 0.1) is 17.3 Å². The average Bonchev–Trinajstić information content (AvgIpc) is 3.15. The Morgan fingerprint density at radius 1 is 1.09 bits per heavy atom. The Labute approximate surface area is 214 Å². The minimum atomic E-state index is -2.12. The van der Waals surface area contributed by atoms with Crippen molar-refractivity contribution in [2.24, 2.45) is 17.3 Å². The zero-order valence-corrected chi connectivity index (χ0v) is 24.0. The van der Waals surface area contributed by atoms with Gasteiger partial charge in [0.1, 0.15) is 6.10 Å². The van der Waals surface area contributed by atoms with Gasteiger partial charge in [0.2, 0.25) is 0 Å². The molecule has 4 aliphatic rings. The zero-order chi connectivity index (χ0) is 25.2. The first kappa shape index (κ1) is 25.5. The van der Waals surface area contributed by atoms with Gasteiger partial charge in [-0.15, -0.1) is 0 Å². The number of ether oxygens (including phenoxy) is 2. The number of fused-ring (bicyclic) bond motifs is 1. The molecule has 3 aliphatic carbocycles. The van der Waals surface area contributed by atoms with E-state index in [1.165, 1.54) is 6.42 Å². The molecule has 1 aliphatic heterocycles. The first-order chi connectivity index (χ1) is 16.4. The molecule has 1 heterocycles. The monoisotopic (exact) mass is 518 g/mol. The summed E-state index contributed by atoms with van der Waals surface area (Å²) < 4.78 is 34.1. The maximum absolute atomic E-state index is 14.3. The summed E-state index contributed by atoms with van der Waals surface area (Å²) >= 11 is 0. The van der Waals surface area contributed by atoms with Crippen molar-refractivity contribution < 1.29 is 22.9 Å². The summed E-state index contributed by atoms with van der Waals surface area (Å²) in [4.78, 5) is 13.7. The van der Waals surface area contributed by atoms with Gasteiger partial charge in [-0.2, -0.15) is 0 Å². The lowest BCUT2D eigenvalue weighted by Gasteiger charge is -2.52. The third-order valence-corrected chi connectivity index (χ3v) is 16.3. The van der Waals surface area contributed by atoms with E-state index in [9.17, 15) is 9.00 Å². The van der Waals surface area contributed by atoms with E-state index in [1.54, 1.807) is 0 Å². The molecule has 8 atom stereocenters. The molecular weight excluding hydrogens is 476 g/mol. The van der Waals surface area contributed by atoms with Crippen LogP contribution >= 0.6 is 0 Å². The normalized spacial score (nSPS) is 40.1. The van der Waals surface area contributed by atoms with Crippen LogP contribution in [0.1, 0.15) is 72.6 Å². The molecule has 0 N–H and O–H groups in total. The summed E-state index contributed by atoms with van der Waals surface area (Å²) in [5.41, 5.74) is -1.30. The molecule has 4 fully saturated rings. The molecule has 1 aromatic carbocycles. The molecular formula is C28H42O5SSi. The van der Waals surface area contributed by atoms with Gasteiger partial charge < -0.3 is 13.9 Å². The summed E-state index contributed by atoms with van der Waals surface area (Å²) in [6, 6.07) is 9.72. The number of hydrogen-bond acceptors (Lipinski definition) is 5. The van der Waals surface area contributed by atoms with Gasteiger partial charge in [0.15, 0.2) is 13.9 Å². The van der Waals surface area contributed by atoms with Gasteiger partial charge in [0.05, 0.1) is 22.2 Å². The molecule has 0 radical (unpaired) electrons. The first-order valence-electron chi connectivity index (χ1n) is 13.5. The Hall–Kier alpha value is -1.18.